The zero-order chi connectivity index (χ0) is 33.1. The third kappa shape index (κ3) is 14.5. The van der Waals surface area contributed by atoms with E-state index in [0.29, 0.717) is 0 Å². The summed E-state index contributed by atoms with van der Waals surface area (Å²) in [4.78, 5) is 11.7. The Morgan fingerprint density at radius 3 is 1.90 bits per heavy atom. The molecule has 0 saturated heterocycles. The lowest BCUT2D eigenvalue weighted by atomic mass is 9.97. The highest BCUT2D eigenvalue weighted by atomic mass is 28.4. The molecule has 1 N–H and O–H groups in total. The van der Waals surface area contributed by atoms with Crippen molar-refractivity contribution in [1.29, 1.82) is 0 Å². The fourth-order valence-corrected chi connectivity index (χ4v) is 6.34. The number of hydrogen-bond donors (Lipinski definition) is 1. The number of aliphatic hydroxyl groups excluding tert-OH is 1. The normalized spacial score (nSPS) is 17.8. The summed E-state index contributed by atoms with van der Waals surface area (Å²) in [5.74, 6) is -0.841. The third-order valence-corrected chi connectivity index (χ3v) is 18.1. The summed E-state index contributed by atoms with van der Waals surface area (Å²) < 4.78 is 18.1. The summed E-state index contributed by atoms with van der Waals surface area (Å²) in [7, 11) is -2.35. The van der Waals surface area contributed by atoms with Crippen LogP contribution in [0.5, 0.6) is 0 Å². The Labute approximate surface area is 262 Å². The molecule has 1 unspecified atom stereocenters. The number of hydrogen-bond acceptors (Lipinski definition) is 5. The van der Waals surface area contributed by atoms with Crippen molar-refractivity contribution < 1.29 is 23.5 Å². The molecular formula is C35H66O5Si2. The van der Waals surface area contributed by atoms with Crippen molar-refractivity contribution in [3.63, 3.8) is 0 Å². The Morgan fingerprint density at radius 2 is 1.40 bits per heavy atom. The SMILES string of the molecule is COC(=O)[C@@H](C)[C@H](O)/C=C/C(C)=C\C(C)=C/[C@H](C)C(/C=C(\C)CCCCO[Si](C)(C)C(C)(C)C)O[Si](C)(C)C(C)(C)C. The molecule has 0 aliphatic heterocycles. The van der Waals surface area contributed by atoms with E-state index in [9.17, 15) is 9.90 Å². The van der Waals surface area contributed by atoms with Gasteiger partial charge in [0.25, 0.3) is 0 Å². The minimum atomic E-state index is -1.99. The van der Waals surface area contributed by atoms with Crippen LogP contribution in [0.15, 0.2) is 47.1 Å². The highest BCUT2D eigenvalue weighted by Crippen LogP contribution is 2.39. The molecule has 5 nitrogen and oxygen atoms in total. The van der Waals surface area contributed by atoms with E-state index in [-0.39, 0.29) is 22.1 Å². The lowest BCUT2D eigenvalue weighted by molar-refractivity contribution is -0.147. The second kappa shape index (κ2) is 17.3. The Balaban J connectivity index is 5.67. The minimum absolute atomic E-state index is 0.00343. The van der Waals surface area contributed by atoms with E-state index in [2.05, 4.69) is 107 Å². The molecule has 0 aliphatic rings. The van der Waals surface area contributed by atoms with Crippen molar-refractivity contribution in [3.8, 4) is 0 Å². The van der Waals surface area contributed by atoms with Crippen molar-refractivity contribution in [1.82, 2.24) is 0 Å². The van der Waals surface area contributed by atoms with Crippen LogP contribution in [0, 0.1) is 11.8 Å². The first-order valence-corrected chi connectivity index (χ1v) is 21.6. The van der Waals surface area contributed by atoms with Crippen LogP contribution in [0.1, 0.15) is 95.4 Å². The number of unbranched alkanes of at least 4 members (excludes halogenated alkanes) is 1. The number of methoxy groups -OCH3 is 1. The summed E-state index contributed by atoms with van der Waals surface area (Å²) in [6, 6.07) is 0. The van der Waals surface area contributed by atoms with Gasteiger partial charge in [-0.3, -0.25) is 4.79 Å². The van der Waals surface area contributed by atoms with E-state index in [4.69, 9.17) is 13.6 Å². The zero-order valence-corrected chi connectivity index (χ0v) is 32.1. The largest absolute Gasteiger partial charge is 0.469 e. The smallest absolute Gasteiger partial charge is 0.311 e. The van der Waals surface area contributed by atoms with Crippen LogP contribution in [0.4, 0.5) is 0 Å². The van der Waals surface area contributed by atoms with Gasteiger partial charge >= 0.3 is 5.97 Å². The first-order valence-electron chi connectivity index (χ1n) is 15.7. The van der Waals surface area contributed by atoms with Crippen molar-refractivity contribution in [2.75, 3.05) is 13.7 Å². The molecule has 0 aliphatic carbocycles. The molecular weight excluding hydrogens is 557 g/mol. The van der Waals surface area contributed by atoms with Crippen LogP contribution < -0.4 is 0 Å². The highest BCUT2D eigenvalue weighted by Gasteiger charge is 2.39. The fourth-order valence-electron chi connectivity index (χ4n) is 3.93. The van der Waals surface area contributed by atoms with Crippen LogP contribution in [0.25, 0.3) is 0 Å². The van der Waals surface area contributed by atoms with Gasteiger partial charge in [0.05, 0.1) is 25.2 Å². The molecule has 0 saturated carbocycles. The van der Waals surface area contributed by atoms with Gasteiger partial charge in [0.15, 0.2) is 16.6 Å². The Kier molecular flexibility index (Phi) is 16.8. The van der Waals surface area contributed by atoms with Crippen LogP contribution >= 0.6 is 0 Å². The quantitative estimate of drug-likeness (QED) is 0.0610. The van der Waals surface area contributed by atoms with Gasteiger partial charge in [-0.15, -0.1) is 0 Å². The number of carbonyl (C=O) groups is 1. The summed E-state index contributed by atoms with van der Waals surface area (Å²) in [6.45, 7) is 34.1. The molecule has 0 fully saturated rings. The molecule has 42 heavy (non-hydrogen) atoms. The number of rotatable bonds is 16. The lowest BCUT2D eigenvalue weighted by Crippen LogP contribution is -2.45. The van der Waals surface area contributed by atoms with Crippen molar-refractivity contribution in [3.05, 3.63) is 47.1 Å². The van der Waals surface area contributed by atoms with E-state index in [1.165, 1.54) is 12.7 Å². The van der Waals surface area contributed by atoms with E-state index in [0.717, 1.165) is 37.0 Å². The molecule has 7 heteroatoms. The molecule has 0 aromatic heterocycles. The standard InChI is InChI=1S/C35H66O5Si2/c1-26(19-17-18-22-39-41(13,14)34(6,7)8)25-32(40-42(15,16)35(9,10)11)29(4)24-28(3)23-27(2)20-21-31(36)30(5)33(37)38-12/h20-21,23-25,29-32,36H,17-19,22H2,1-16H3/b21-20+,26-25+,27-23-,28-24-/t29-,30-,31+,32?/m0/s1. The van der Waals surface area contributed by atoms with Crippen molar-refractivity contribution in [2.24, 2.45) is 11.8 Å². The van der Waals surface area contributed by atoms with Crippen molar-refractivity contribution >= 4 is 22.6 Å². The highest BCUT2D eigenvalue weighted by molar-refractivity contribution is 6.74. The van der Waals surface area contributed by atoms with Gasteiger partial charge in [0, 0.05) is 12.5 Å². The van der Waals surface area contributed by atoms with E-state index in [1.54, 1.807) is 13.0 Å². The number of allylic oxidation sites excluding steroid dienone is 5. The number of ether oxygens (including phenoxy) is 1. The maximum Gasteiger partial charge on any atom is 0.311 e. The molecule has 0 spiro atoms. The molecule has 0 bridgehead atoms. The van der Waals surface area contributed by atoms with E-state index < -0.39 is 34.6 Å². The molecule has 0 rings (SSSR count). The van der Waals surface area contributed by atoms with Gasteiger partial charge in [-0.05, 0) is 83.2 Å². The van der Waals surface area contributed by atoms with Crippen LogP contribution in [-0.2, 0) is 18.4 Å². The van der Waals surface area contributed by atoms with Gasteiger partial charge in [-0.2, -0.15) is 0 Å². The molecule has 4 atom stereocenters. The molecule has 0 aromatic carbocycles. The second-order valence-electron chi connectivity index (χ2n) is 15.2. The van der Waals surface area contributed by atoms with Gasteiger partial charge in [-0.1, -0.05) is 95.6 Å². The maximum atomic E-state index is 11.7. The summed E-state index contributed by atoms with van der Waals surface area (Å²) in [6.07, 6.45) is 12.6. The van der Waals surface area contributed by atoms with E-state index in [1.807, 2.05) is 13.0 Å². The Hall–Kier alpha value is -1.26. The third-order valence-electron chi connectivity index (χ3n) is 9.06. The minimum Gasteiger partial charge on any atom is -0.469 e. The monoisotopic (exact) mass is 622 g/mol. The fraction of sp³-hybridized carbons (Fsp3) is 0.743. The van der Waals surface area contributed by atoms with Crippen molar-refractivity contribution in [2.45, 2.75) is 144 Å². The second-order valence-corrected chi connectivity index (χ2v) is 24.8. The van der Waals surface area contributed by atoms with Gasteiger partial charge in [0.2, 0.25) is 0 Å². The molecule has 0 amide bonds. The lowest BCUT2D eigenvalue weighted by Gasteiger charge is -2.40. The van der Waals surface area contributed by atoms with Crippen LogP contribution in [-0.4, -0.2) is 53.6 Å². The zero-order valence-electron chi connectivity index (χ0n) is 30.1. The summed E-state index contributed by atoms with van der Waals surface area (Å²) >= 11 is 0. The Morgan fingerprint density at radius 1 is 0.857 bits per heavy atom. The average molecular weight is 623 g/mol. The van der Waals surface area contributed by atoms with E-state index >= 15 is 0 Å². The molecule has 0 heterocycles. The van der Waals surface area contributed by atoms with Gasteiger partial charge < -0.3 is 18.7 Å². The summed E-state index contributed by atoms with van der Waals surface area (Å²) in [5.41, 5.74) is 3.51. The predicted octanol–water partition coefficient (Wildman–Crippen LogP) is 9.77. The van der Waals surface area contributed by atoms with Gasteiger partial charge in [-0.25, -0.2) is 0 Å². The molecule has 0 radical (unpaired) electrons. The number of carbonyl (C=O) groups excluding carboxylic acids is 1. The Bertz CT molecular complexity index is 961. The predicted molar refractivity (Wildman–Crippen MR) is 186 cm³/mol. The van der Waals surface area contributed by atoms with Crippen LogP contribution in [0.3, 0.4) is 0 Å². The maximum absolute atomic E-state index is 11.7. The average Bonchev–Trinajstić information content (AvgIpc) is 2.83. The molecule has 0 aromatic rings. The molecule has 244 valence electrons. The number of aliphatic hydroxyl groups is 1. The number of esters is 1. The topological polar surface area (TPSA) is 65.0 Å². The first kappa shape index (κ1) is 40.7. The van der Waals surface area contributed by atoms with Gasteiger partial charge in [0.1, 0.15) is 0 Å². The van der Waals surface area contributed by atoms with Crippen LogP contribution in [0.2, 0.25) is 36.3 Å². The first-order chi connectivity index (χ1) is 18.9. The summed E-state index contributed by atoms with van der Waals surface area (Å²) in [5, 5.41) is 10.6.